The van der Waals surface area contributed by atoms with E-state index in [1.165, 1.54) is 12.5 Å². The molecule has 0 bridgehead atoms. The van der Waals surface area contributed by atoms with Gasteiger partial charge in [-0.25, -0.2) is 9.78 Å². The molecule has 0 fully saturated rings. The van der Waals surface area contributed by atoms with Gasteiger partial charge in [-0.3, -0.25) is 14.4 Å². The van der Waals surface area contributed by atoms with Crippen LogP contribution in [0.15, 0.2) is 42.9 Å². The number of H-pyrrole nitrogens is 1. The van der Waals surface area contributed by atoms with Gasteiger partial charge >= 0.3 is 5.97 Å². The number of hydrogen-bond donors (Lipinski definition) is 7. The number of nitrogens with two attached hydrogens (primary N) is 2. The number of carboxylic acids is 1. The molecule has 9 N–H and O–H groups in total. The normalized spacial score (nSPS) is 14.2. The smallest absolute Gasteiger partial charge is 0.326 e. The van der Waals surface area contributed by atoms with Crippen molar-refractivity contribution < 1.29 is 24.3 Å². The van der Waals surface area contributed by atoms with Crippen LogP contribution >= 0.6 is 0 Å². The summed E-state index contributed by atoms with van der Waals surface area (Å²) >= 11 is 0. The molecule has 0 saturated heterocycles. The third-order valence-corrected chi connectivity index (χ3v) is 6.06. The molecule has 38 heavy (non-hydrogen) atoms. The van der Waals surface area contributed by atoms with Crippen LogP contribution in [0.3, 0.4) is 0 Å². The van der Waals surface area contributed by atoms with Crippen LogP contribution in [0.4, 0.5) is 0 Å². The van der Waals surface area contributed by atoms with Crippen molar-refractivity contribution in [2.75, 3.05) is 6.54 Å². The van der Waals surface area contributed by atoms with E-state index in [-0.39, 0.29) is 18.8 Å². The van der Waals surface area contributed by atoms with Crippen molar-refractivity contribution in [3.05, 3.63) is 54.1 Å². The van der Waals surface area contributed by atoms with E-state index >= 15 is 0 Å². The lowest BCUT2D eigenvalue weighted by Crippen LogP contribution is -2.58. The van der Waals surface area contributed by atoms with Crippen molar-refractivity contribution in [3.63, 3.8) is 0 Å². The Morgan fingerprint density at radius 3 is 2.21 bits per heavy atom. The van der Waals surface area contributed by atoms with Crippen molar-refractivity contribution >= 4 is 23.7 Å². The van der Waals surface area contributed by atoms with Gasteiger partial charge in [0.15, 0.2) is 0 Å². The molecule has 0 aliphatic carbocycles. The van der Waals surface area contributed by atoms with Gasteiger partial charge in [0.1, 0.15) is 18.1 Å². The van der Waals surface area contributed by atoms with Crippen LogP contribution in [0.2, 0.25) is 0 Å². The largest absolute Gasteiger partial charge is 0.480 e. The fourth-order valence-electron chi connectivity index (χ4n) is 3.87. The van der Waals surface area contributed by atoms with Crippen LogP contribution in [0.5, 0.6) is 0 Å². The summed E-state index contributed by atoms with van der Waals surface area (Å²) in [5.74, 6) is -3.22. The molecule has 1 heterocycles. The lowest BCUT2D eigenvalue weighted by molar-refractivity contribution is -0.142. The number of unbranched alkanes of at least 4 members (excludes halogenated alkanes) is 1. The summed E-state index contributed by atoms with van der Waals surface area (Å²) in [6.45, 7) is 3.94. The number of benzene rings is 1. The molecular weight excluding hydrogens is 490 g/mol. The van der Waals surface area contributed by atoms with Crippen molar-refractivity contribution in [2.45, 2.75) is 70.1 Å². The highest BCUT2D eigenvalue weighted by Gasteiger charge is 2.31. The topological polar surface area (TPSA) is 205 Å². The maximum atomic E-state index is 13.2. The predicted molar refractivity (Wildman–Crippen MR) is 142 cm³/mol. The number of aromatic amines is 1. The van der Waals surface area contributed by atoms with Gasteiger partial charge in [-0.15, -0.1) is 0 Å². The molecule has 208 valence electrons. The van der Waals surface area contributed by atoms with Gasteiger partial charge in [0.05, 0.1) is 12.4 Å². The van der Waals surface area contributed by atoms with Gasteiger partial charge in [-0.05, 0) is 43.7 Å². The number of nitrogens with zero attached hydrogens (tertiary/aromatic N) is 1. The Morgan fingerprint density at radius 2 is 1.63 bits per heavy atom. The lowest BCUT2D eigenvalue weighted by atomic mass is 10.00. The summed E-state index contributed by atoms with van der Waals surface area (Å²) in [6.07, 6.45) is 4.59. The zero-order valence-electron chi connectivity index (χ0n) is 21.9. The second kappa shape index (κ2) is 15.5. The number of aliphatic carboxylic acids is 1. The average Bonchev–Trinajstić information content (AvgIpc) is 3.39. The quantitative estimate of drug-likeness (QED) is 0.145. The Balaban J connectivity index is 2.08. The SMILES string of the molecule is CC(C)C(NC(=O)C(N)Cc1ccccc1)C(=O)NC(CCCCN)C(=O)NC(Cc1cnc[nH]1)C(=O)O. The number of nitrogens with one attached hydrogen (secondary N) is 4. The van der Waals surface area contributed by atoms with Crippen molar-refractivity contribution in [3.8, 4) is 0 Å². The van der Waals surface area contributed by atoms with Crippen molar-refractivity contribution in [1.82, 2.24) is 25.9 Å². The first kappa shape index (κ1) is 30.5. The first-order chi connectivity index (χ1) is 18.1. The molecule has 12 heteroatoms. The summed E-state index contributed by atoms with van der Waals surface area (Å²) in [5, 5.41) is 17.5. The molecule has 4 unspecified atom stereocenters. The van der Waals surface area contributed by atoms with E-state index in [4.69, 9.17) is 11.5 Å². The summed E-state index contributed by atoms with van der Waals surface area (Å²) in [4.78, 5) is 57.5. The Bertz CT molecular complexity index is 1030. The third-order valence-electron chi connectivity index (χ3n) is 6.06. The number of rotatable bonds is 16. The van der Waals surface area contributed by atoms with Crippen molar-refractivity contribution in [2.24, 2.45) is 17.4 Å². The monoisotopic (exact) mass is 529 g/mol. The van der Waals surface area contributed by atoms with Gasteiger partial charge in [0.2, 0.25) is 17.7 Å². The Morgan fingerprint density at radius 1 is 0.947 bits per heavy atom. The van der Waals surface area contributed by atoms with Crippen LogP contribution in [-0.4, -0.2) is 69.5 Å². The molecule has 0 spiro atoms. The summed E-state index contributed by atoms with van der Waals surface area (Å²) in [5.41, 5.74) is 13.1. The predicted octanol–water partition coefficient (Wildman–Crippen LogP) is -0.154. The molecular formula is C26H39N7O5. The van der Waals surface area contributed by atoms with Gasteiger partial charge in [0.25, 0.3) is 0 Å². The number of hydrogen-bond acceptors (Lipinski definition) is 7. The molecule has 2 rings (SSSR count). The number of aromatic nitrogens is 2. The molecule has 1 aromatic carbocycles. The fourth-order valence-corrected chi connectivity index (χ4v) is 3.87. The number of carboxylic acid groups (broad SMARTS) is 1. The number of carbonyl (C=O) groups is 4. The van der Waals surface area contributed by atoms with Crippen LogP contribution in [0, 0.1) is 5.92 Å². The molecule has 4 atom stereocenters. The maximum absolute atomic E-state index is 13.2. The summed E-state index contributed by atoms with van der Waals surface area (Å²) < 4.78 is 0. The van der Waals surface area contributed by atoms with E-state index in [0.29, 0.717) is 31.5 Å². The van der Waals surface area contributed by atoms with E-state index < -0.39 is 47.9 Å². The first-order valence-electron chi connectivity index (χ1n) is 12.7. The molecule has 0 saturated carbocycles. The average molecular weight is 530 g/mol. The van der Waals surface area contributed by atoms with Crippen LogP contribution < -0.4 is 27.4 Å². The van der Waals surface area contributed by atoms with Gasteiger partial charge < -0.3 is 37.5 Å². The summed E-state index contributed by atoms with van der Waals surface area (Å²) in [7, 11) is 0. The van der Waals surface area contributed by atoms with Gasteiger partial charge in [-0.2, -0.15) is 0 Å². The minimum absolute atomic E-state index is 0.00544. The first-order valence-corrected chi connectivity index (χ1v) is 12.7. The maximum Gasteiger partial charge on any atom is 0.326 e. The highest BCUT2D eigenvalue weighted by Crippen LogP contribution is 2.09. The van der Waals surface area contributed by atoms with E-state index in [0.717, 1.165) is 5.56 Å². The number of carbonyl (C=O) groups excluding carboxylic acids is 3. The Hall–Kier alpha value is -3.77. The second-order valence-corrected chi connectivity index (χ2v) is 9.55. The van der Waals surface area contributed by atoms with Crippen LogP contribution in [0.1, 0.15) is 44.4 Å². The lowest BCUT2D eigenvalue weighted by Gasteiger charge is -2.27. The number of imidazole rings is 1. The fraction of sp³-hybridized carbons (Fsp3) is 0.500. The van der Waals surface area contributed by atoms with E-state index in [1.54, 1.807) is 13.8 Å². The molecule has 12 nitrogen and oxygen atoms in total. The Kier molecular flexibility index (Phi) is 12.4. The Labute approximate surface area is 222 Å². The molecule has 1 aromatic heterocycles. The molecule has 0 radical (unpaired) electrons. The van der Waals surface area contributed by atoms with E-state index in [9.17, 15) is 24.3 Å². The third kappa shape index (κ3) is 9.94. The van der Waals surface area contributed by atoms with Crippen LogP contribution in [-0.2, 0) is 32.0 Å². The zero-order chi connectivity index (χ0) is 28.1. The van der Waals surface area contributed by atoms with E-state index in [2.05, 4.69) is 25.9 Å². The van der Waals surface area contributed by atoms with Gasteiger partial charge in [-0.1, -0.05) is 44.2 Å². The molecule has 2 aromatic rings. The molecule has 0 aliphatic heterocycles. The minimum Gasteiger partial charge on any atom is -0.480 e. The number of amides is 3. The van der Waals surface area contributed by atoms with Gasteiger partial charge in [0, 0.05) is 18.3 Å². The zero-order valence-corrected chi connectivity index (χ0v) is 21.9. The second-order valence-electron chi connectivity index (χ2n) is 9.55. The highest BCUT2D eigenvalue weighted by atomic mass is 16.4. The minimum atomic E-state index is -1.23. The summed E-state index contributed by atoms with van der Waals surface area (Å²) in [6, 6.07) is 5.23. The highest BCUT2D eigenvalue weighted by molar-refractivity contribution is 5.94. The molecule has 3 amide bonds. The molecule has 0 aliphatic rings. The van der Waals surface area contributed by atoms with Crippen LogP contribution in [0.25, 0.3) is 0 Å². The standard InChI is InChI=1S/C26H39N7O5/c1-16(2)22(33-23(34)19(28)12-17-8-4-3-5-9-17)25(36)31-20(10-6-7-11-27)24(35)32-21(26(37)38)13-18-14-29-15-30-18/h3-5,8-9,14-16,19-22H,6-7,10-13,27-28H2,1-2H3,(H,29,30)(H,31,36)(H,32,35)(H,33,34)(H,37,38). The van der Waals surface area contributed by atoms with E-state index in [1.807, 2.05) is 30.3 Å². The van der Waals surface area contributed by atoms with Crippen molar-refractivity contribution in [1.29, 1.82) is 0 Å².